The van der Waals surface area contributed by atoms with E-state index in [9.17, 15) is 9.59 Å². The maximum atomic E-state index is 10.9. The molecule has 0 saturated heterocycles. The van der Waals surface area contributed by atoms with Crippen LogP contribution >= 0.6 is 0 Å². The lowest BCUT2D eigenvalue weighted by molar-refractivity contribution is -0.132. The van der Waals surface area contributed by atoms with E-state index in [1.165, 1.54) is 18.2 Å². The smallest absolute Gasteiger partial charge is 0.335 e. The van der Waals surface area contributed by atoms with E-state index < -0.39 is 11.9 Å². The van der Waals surface area contributed by atoms with Gasteiger partial charge in [-0.1, -0.05) is 24.8 Å². The first-order chi connectivity index (χ1) is 8.02. The SMILES string of the molecule is C=CC=CC(CCO)=C(C=CC(=O)O)C(=O)O. The summed E-state index contributed by atoms with van der Waals surface area (Å²) in [6, 6.07) is 0. The average Bonchev–Trinajstić information content (AvgIpc) is 2.25. The number of carboxylic acid groups (broad SMARTS) is 2. The van der Waals surface area contributed by atoms with Crippen LogP contribution in [-0.2, 0) is 9.59 Å². The van der Waals surface area contributed by atoms with Gasteiger partial charge in [-0.2, -0.15) is 0 Å². The topological polar surface area (TPSA) is 94.8 Å². The maximum absolute atomic E-state index is 10.9. The van der Waals surface area contributed by atoms with Gasteiger partial charge in [-0.05, 0) is 18.1 Å². The van der Waals surface area contributed by atoms with Crippen molar-refractivity contribution in [1.29, 1.82) is 0 Å². The van der Waals surface area contributed by atoms with Gasteiger partial charge in [0.25, 0.3) is 0 Å². The minimum absolute atomic E-state index is 0.121. The molecule has 0 spiro atoms. The van der Waals surface area contributed by atoms with Crippen molar-refractivity contribution in [2.75, 3.05) is 6.61 Å². The second-order valence-electron chi connectivity index (χ2n) is 2.98. The lowest BCUT2D eigenvalue weighted by atomic mass is 10.0. The number of aliphatic carboxylic acids is 2. The van der Waals surface area contributed by atoms with Gasteiger partial charge >= 0.3 is 11.9 Å². The normalized spacial score (nSPS) is 12.8. The van der Waals surface area contributed by atoms with Crippen LogP contribution in [0.15, 0.2) is 48.1 Å². The van der Waals surface area contributed by atoms with Crippen LogP contribution in [0.2, 0.25) is 0 Å². The molecule has 0 aliphatic rings. The zero-order valence-electron chi connectivity index (χ0n) is 9.17. The van der Waals surface area contributed by atoms with Gasteiger partial charge in [0, 0.05) is 12.7 Å². The van der Waals surface area contributed by atoms with Crippen molar-refractivity contribution in [2.45, 2.75) is 6.42 Å². The molecular weight excluding hydrogens is 224 g/mol. The zero-order chi connectivity index (χ0) is 13.3. The number of carbonyl (C=O) groups is 2. The fourth-order valence-electron chi connectivity index (χ4n) is 1.08. The van der Waals surface area contributed by atoms with Crippen LogP contribution in [0.1, 0.15) is 6.42 Å². The first-order valence-corrected chi connectivity index (χ1v) is 4.80. The first kappa shape index (κ1) is 14.9. The van der Waals surface area contributed by atoms with Crippen LogP contribution in [0.25, 0.3) is 0 Å². The number of allylic oxidation sites excluding steroid dienone is 3. The van der Waals surface area contributed by atoms with Gasteiger partial charge in [0.15, 0.2) is 0 Å². The van der Waals surface area contributed by atoms with E-state index in [1.54, 1.807) is 0 Å². The molecule has 0 amide bonds. The Morgan fingerprint density at radius 1 is 1.12 bits per heavy atom. The third-order valence-electron chi connectivity index (χ3n) is 1.78. The van der Waals surface area contributed by atoms with Crippen LogP contribution in [0.3, 0.4) is 0 Å². The molecule has 0 radical (unpaired) electrons. The largest absolute Gasteiger partial charge is 0.478 e. The third kappa shape index (κ3) is 6.11. The molecule has 5 heteroatoms. The Morgan fingerprint density at radius 3 is 2.18 bits per heavy atom. The lowest BCUT2D eigenvalue weighted by Crippen LogP contribution is -2.04. The lowest BCUT2D eigenvalue weighted by Gasteiger charge is -2.03. The molecule has 0 saturated carbocycles. The molecule has 0 fully saturated rings. The molecular formula is C12H14O5. The number of aliphatic hydroxyl groups is 1. The van der Waals surface area contributed by atoms with Crippen molar-refractivity contribution in [3.63, 3.8) is 0 Å². The van der Waals surface area contributed by atoms with Crippen molar-refractivity contribution >= 4 is 11.9 Å². The standard InChI is InChI=1S/C12H14O5/c1-2-3-4-9(7-8-13)10(12(16)17)5-6-11(14)15/h2-6,13H,1,7-8H2,(H,14,15)(H,16,17). The van der Waals surface area contributed by atoms with Gasteiger partial charge in [0.2, 0.25) is 0 Å². The summed E-state index contributed by atoms with van der Waals surface area (Å²) in [7, 11) is 0. The van der Waals surface area contributed by atoms with E-state index in [4.69, 9.17) is 15.3 Å². The molecule has 17 heavy (non-hydrogen) atoms. The van der Waals surface area contributed by atoms with Crippen LogP contribution in [0.5, 0.6) is 0 Å². The number of hydrogen-bond acceptors (Lipinski definition) is 3. The summed E-state index contributed by atoms with van der Waals surface area (Å²) >= 11 is 0. The Balaban J connectivity index is 5.40. The van der Waals surface area contributed by atoms with Crippen LogP contribution in [0.4, 0.5) is 0 Å². The second kappa shape index (κ2) is 8.06. The highest BCUT2D eigenvalue weighted by Gasteiger charge is 2.09. The van der Waals surface area contributed by atoms with Gasteiger partial charge in [-0.3, -0.25) is 0 Å². The number of aliphatic hydroxyl groups excluding tert-OH is 1. The summed E-state index contributed by atoms with van der Waals surface area (Å²) in [5.74, 6) is -2.49. The van der Waals surface area contributed by atoms with Crippen molar-refractivity contribution in [1.82, 2.24) is 0 Å². The van der Waals surface area contributed by atoms with E-state index in [0.717, 1.165) is 12.2 Å². The molecule has 0 atom stereocenters. The summed E-state index contributed by atoms with van der Waals surface area (Å²) in [6.45, 7) is 3.21. The Kier molecular flexibility index (Phi) is 7.05. The fourth-order valence-corrected chi connectivity index (χ4v) is 1.08. The monoisotopic (exact) mass is 238 g/mol. The van der Waals surface area contributed by atoms with Crippen LogP contribution in [-0.4, -0.2) is 33.9 Å². The minimum atomic E-state index is -1.25. The van der Waals surface area contributed by atoms with Gasteiger partial charge in [0.1, 0.15) is 0 Å². The predicted octanol–water partition coefficient (Wildman–Crippen LogP) is 1.13. The van der Waals surface area contributed by atoms with E-state index in [1.807, 2.05) is 0 Å². The fraction of sp³-hybridized carbons (Fsp3) is 0.167. The molecule has 0 aromatic carbocycles. The number of rotatable bonds is 7. The second-order valence-corrected chi connectivity index (χ2v) is 2.98. The van der Waals surface area contributed by atoms with Gasteiger partial charge in [0.05, 0.1) is 5.57 Å². The molecule has 5 nitrogen and oxygen atoms in total. The molecule has 0 rings (SSSR count). The Bertz CT molecular complexity index is 388. The van der Waals surface area contributed by atoms with E-state index >= 15 is 0 Å². The summed E-state index contributed by atoms with van der Waals surface area (Å²) in [4.78, 5) is 21.3. The maximum Gasteiger partial charge on any atom is 0.335 e. The highest BCUT2D eigenvalue weighted by molar-refractivity contribution is 5.93. The quantitative estimate of drug-likeness (QED) is 0.456. The van der Waals surface area contributed by atoms with E-state index in [0.29, 0.717) is 5.57 Å². The van der Waals surface area contributed by atoms with Crippen molar-refractivity contribution < 1.29 is 24.9 Å². The van der Waals surface area contributed by atoms with Gasteiger partial charge < -0.3 is 15.3 Å². The summed E-state index contributed by atoms with van der Waals surface area (Å²) < 4.78 is 0. The molecule has 0 bridgehead atoms. The molecule has 0 aliphatic carbocycles. The Labute approximate surface area is 98.7 Å². The minimum Gasteiger partial charge on any atom is -0.478 e. The predicted molar refractivity (Wildman–Crippen MR) is 62.5 cm³/mol. The third-order valence-corrected chi connectivity index (χ3v) is 1.78. The van der Waals surface area contributed by atoms with Gasteiger partial charge in [-0.25, -0.2) is 9.59 Å². The van der Waals surface area contributed by atoms with E-state index in [-0.39, 0.29) is 18.6 Å². The summed E-state index contributed by atoms with van der Waals surface area (Å²) in [5, 5.41) is 26.2. The average molecular weight is 238 g/mol. The first-order valence-electron chi connectivity index (χ1n) is 4.80. The molecule has 3 N–H and O–H groups in total. The highest BCUT2D eigenvalue weighted by atomic mass is 16.4. The van der Waals surface area contributed by atoms with Crippen molar-refractivity contribution in [3.05, 3.63) is 48.1 Å². The van der Waals surface area contributed by atoms with Crippen LogP contribution in [0, 0.1) is 0 Å². The molecule has 0 unspecified atom stereocenters. The molecule has 0 heterocycles. The highest BCUT2D eigenvalue weighted by Crippen LogP contribution is 2.13. The molecule has 0 aromatic rings. The van der Waals surface area contributed by atoms with Crippen molar-refractivity contribution in [3.8, 4) is 0 Å². The zero-order valence-corrected chi connectivity index (χ0v) is 9.17. The number of hydrogen-bond donors (Lipinski definition) is 3. The Morgan fingerprint density at radius 2 is 1.76 bits per heavy atom. The molecule has 92 valence electrons. The Hall–Kier alpha value is -2.14. The molecule has 0 aromatic heterocycles. The summed E-state index contributed by atoms with van der Waals surface area (Å²) in [5.41, 5.74) is 0.164. The van der Waals surface area contributed by atoms with Crippen molar-refractivity contribution in [2.24, 2.45) is 0 Å². The summed E-state index contributed by atoms with van der Waals surface area (Å²) in [6.07, 6.45) is 6.29. The van der Waals surface area contributed by atoms with Gasteiger partial charge in [-0.15, -0.1) is 0 Å². The van der Waals surface area contributed by atoms with E-state index in [2.05, 4.69) is 6.58 Å². The molecule has 0 aliphatic heterocycles. The van der Waals surface area contributed by atoms with Crippen LogP contribution < -0.4 is 0 Å². The number of carboxylic acids is 2.